The first kappa shape index (κ1) is 14.3. The Morgan fingerprint density at radius 3 is 2.77 bits per heavy atom. The minimum atomic E-state index is -0.722. The molecule has 0 saturated carbocycles. The van der Waals surface area contributed by atoms with Crippen LogP contribution in [0.2, 0.25) is 0 Å². The van der Waals surface area contributed by atoms with Gasteiger partial charge in [-0.3, -0.25) is 14.3 Å². The van der Waals surface area contributed by atoms with Gasteiger partial charge in [-0.05, 0) is 12.5 Å². The molecule has 4 N–H and O–H groups in total. The average Bonchev–Trinajstić information content (AvgIpc) is 3.17. The van der Waals surface area contributed by atoms with Gasteiger partial charge in [-0.1, -0.05) is 0 Å². The number of amides is 2. The predicted octanol–water partition coefficient (Wildman–Crippen LogP) is -0.172. The molecule has 9 nitrogen and oxygen atoms in total. The van der Waals surface area contributed by atoms with Gasteiger partial charge in [0, 0.05) is 24.9 Å². The van der Waals surface area contributed by atoms with Crippen molar-refractivity contribution in [1.82, 2.24) is 19.6 Å². The highest BCUT2D eigenvalue weighted by Crippen LogP contribution is 2.31. The molecule has 1 aliphatic rings. The minimum absolute atomic E-state index is 0.0152. The number of hydrogen-bond donors (Lipinski definition) is 2. The Labute approximate surface area is 125 Å². The van der Waals surface area contributed by atoms with Crippen LogP contribution >= 0.6 is 0 Å². The maximum absolute atomic E-state index is 11.5. The zero-order chi connectivity index (χ0) is 15.7. The number of nitrogens with zero attached hydrogens (tertiary/aromatic N) is 4. The number of carbonyl (C=O) groups is 2. The largest absolute Gasteiger partial charge is 0.364 e. The molecule has 0 aliphatic carbocycles. The molecular formula is C13H16N6O3. The van der Waals surface area contributed by atoms with Crippen LogP contribution in [0.15, 0.2) is 24.5 Å². The summed E-state index contributed by atoms with van der Waals surface area (Å²) in [6.07, 6.45) is 4.44. The standard InChI is InChI=1S/C13H16N6O3/c14-12(20)9-7-10(13(15)21)19(17-9)11-6-8(2-5-22-11)18-4-1-3-16-18/h1,3-4,7-8,11H,2,5-6H2,(H2,14,20)(H2,15,21). The zero-order valence-corrected chi connectivity index (χ0v) is 11.8. The number of primary amides is 2. The molecule has 1 saturated heterocycles. The van der Waals surface area contributed by atoms with Crippen LogP contribution in [-0.2, 0) is 4.74 Å². The summed E-state index contributed by atoms with van der Waals surface area (Å²) in [5.41, 5.74) is 10.6. The first-order chi connectivity index (χ1) is 10.6. The van der Waals surface area contributed by atoms with Crippen molar-refractivity contribution < 1.29 is 14.3 Å². The third kappa shape index (κ3) is 2.58. The molecule has 2 aromatic heterocycles. The van der Waals surface area contributed by atoms with Crippen LogP contribution in [0.25, 0.3) is 0 Å². The lowest BCUT2D eigenvalue weighted by Crippen LogP contribution is -2.30. The molecule has 0 radical (unpaired) electrons. The van der Waals surface area contributed by atoms with Crippen LogP contribution in [-0.4, -0.2) is 38.0 Å². The Morgan fingerprint density at radius 2 is 2.14 bits per heavy atom. The van der Waals surface area contributed by atoms with Gasteiger partial charge in [-0.25, -0.2) is 4.68 Å². The lowest BCUT2D eigenvalue weighted by Gasteiger charge is -2.30. The molecule has 2 unspecified atom stereocenters. The molecule has 0 aromatic carbocycles. The third-order valence-corrected chi connectivity index (χ3v) is 3.65. The van der Waals surface area contributed by atoms with E-state index in [9.17, 15) is 9.59 Å². The van der Waals surface area contributed by atoms with Gasteiger partial charge in [-0.2, -0.15) is 10.2 Å². The Bertz CT molecular complexity index is 693. The van der Waals surface area contributed by atoms with Gasteiger partial charge in [-0.15, -0.1) is 0 Å². The quantitative estimate of drug-likeness (QED) is 0.809. The number of nitrogens with two attached hydrogens (primary N) is 2. The monoisotopic (exact) mass is 304 g/mol. The fraction of sp³-hybridized carbons (Fsp3) is 0.385. The van der Waals surface area contributed by atoms with Crippen molar-refractivity contribution in [2.45, 2.75) is 25.1 Å². The molecule has 22 heavy (non-hydrogen) atoms. The number of hydrogen-bond acceptors (Lipinski definition) is 5. The van der Waals surface area contributed by atoms with E-state index in [-0.39, 0.29) is 17.4 Å². The van der Waals surface area contributed by atoms with Gasteiger partial charge in [0.15, 0.2) is 11.9 Å². The van der Waals surface area contributed by atoms with E-state index in [1.165, 1.54) is 10.7 Å². The normalized spacial score (nSPS) is 21.6. The second kappa shape index (κ2) is 5.60. The van der Waals surface area contributed by atoms with Crippen LogP contribution in [0.4, 0.5) is 0 Å². The Morgan fingerprint density at radius 1 is 1.32 bits per heavy atom. The molecule has 0 bridgehead atoms. The van der Waals surface area contributed by atoms with Gasteiger partial charge in [0.25, 0.3) is 11.8 Å². The Kier molecular flexibility index (Phi) is 3.63. The molecule has 2 aromatic rings. The molecule has 3 heterocycles. The molecule has 3 rings (SSSR count). The van der Waals surface area contributed by atoms with E-state index in [1.54, 1.807) is 6.20 Å². The summed E-state index contributed by atoms with van der Waals surface area (Å²) in [4.78, 5) is 22.8. The lowest BCUT2D eigenvalue weighted by molar-refractivity contribution is -0.0602. The van der Waals surface area contributed by atoms with Crippen molar-refractivity contribution in [3.8, 4) is 0 Å². The zero-order valence-electron chi connectivity index (χ0n) is 11.8. The summed E-state index contributed by atoms with van der Waals surface area (Å²) in [5.74, 6) is -1.41. The molecule has 0 spiro atoms. The van der Waals surface area contributed by atoms with Crippen molar-refractivity contribution in [3.63, 3.8) is 0 Å². The molecule has 9 heteroatoms. The van der Waals surface area contributed by atoms with E-state index < -0.39 is 18.0 Å². The highest BCUT2D eigenvalue weighted by molar-refractivity contribution is 5.96. The first-order valence-electron chi connectivity index (χ1n) is 6.86. The average molecular weight is 304 g/mol. The van der Waals surface area contributed by atoms with E-state index in [2.05, 4.69) is 10.2 Å². The van der Waals surface area contributed by atoms with Gasteiger partial charge < -0.3 is 16.2 Å². The first-order valence-corrected chi connectivity index (χ1v) is 6.86. The van der Waals surface area contributed by atoms with Gasteiger partial charge in [0.05, 0.1) is 12.6 Å². The van der Waals surface area contributed by atoms with Crippen LogP contribution in [0, 0.1) is 0 Å². The van der Waals surface area contributed by atoms with Crippen molar-refractivity contribution in [3.05, 3.63) is 35.9 Å². The summed E-state index contributed by atoms with van der Waals surface area (Å²) in [7, 11) is 0. The van der Waals surface area contributed by atoms with Crippen molar-refractivity contribution in [2.75, 3.05) is 6.61 Å². The fourth-order valence-corrected chi connectivity index (χ4v) is 2.58. The van der Waals surface area contributed by atoms with E-state index in [0.29, 0.717) is 13.0 Å². The maximum Gasteiger partial charge on any atom is 0.269 e. The minimum Gasteiger partial charge on any atom is -0.364 e. The van der Waals surface area contributed by atoms with Crippen molar-refractivity contribution in [2.24, 2.45) is 11.5 Å². The van der Waals surface area contributed by atoms with Crippen molar-refractivity contribution in [1.29, 1.82) is 0 Å². The van der Waals surface area contributed by atoms with Crippen LogP contribution < -0.4 is 11.5 Å². The van der Waals surface area contributed by atoms with Crippen molar-refractivity contribution >= 4 is 11.8 Å². The summed E-state index contributed by atoms with van der Waals surface area (Å²) < 4.78 is 8.85. The predicted molar refractivity (Wildman–Crippen MR) is 74.7 cm³/mol. The second-order valence-corrected chi connectivity index (χ2v) is 5.08. The lowest BCUT2D eigenvalue weighted by atomic mass is 10.1. The summed E-state index contributed by atoms with van der Waals surface area (Å²) in [6, 6.07) is 3.25. The van der Waals surface area contributed by atoms with E-state index in [1.807, 2.05) is 16.9 Å². The molecule has 2 atom stereocenters. The Balaban J connectivity index is 1.89. The van der Waals surface area contributed by atoms with Crippen LogP contribution in [0.3, 0.4) is 0 Å². The molecular weight excluding hydrogens is 288 g/mol. The molecule has 116 valence electrons. The summed E-state index contributed by atoms with van der Waals surface area (Å²) in [5, 5.41) is 8.28. The van der Waals surface area contributed by atoms with Gasteiger partial charge >= 0.3 is 0 Å². The van der Waals surface area contributed by atoms with E-state index >= 15 is 0 Å². The fourth-order valence-electron chi connectivity index (χ4n) is 2.58. The summed E-state index contributed by atoms with van der Waals surface area (Å²) >= 11 is 0. The van der Waals surface area contributed by atoms with Gasteiger partial charge in [0.2, 0.25) is 0 Å². The Hall–Kier alpha value is -2.68. The molecule has 1 fully saturated rings. The van der Waals surface area contributed by atoms with E-state index in [0.717, 1.165) is 6.42 Å². The number of aromatic nitrogens is 4. The maximum atomic E-state index is 11.5. The smallest absolute Gasteiger partial charge is 0.269 e. The SMILES string of the molecule is NC(=O)c1cc(C(N)=O)n(C2CC(n3cccn3)CCO2)n1. The van der Waals surface area contributed by atoms with Crippen LogP contribution in [0.1, 0.15) is 46.1 Å². The molecule has 1 aliphatic heterocycles. The number of carbonyl (C=O) groups excluding carboxylic acids is 2. The number of ether oxygens (including phenoxy) is 1. The highest BCUT2D eigenvalue weighted by atomic mass is 16.5. The third-order valence-electron chi connectivity index (χ3n) is 3.65. The summed E-state index contributed by atoms with van der Waals surface area (Å²) in [6.45, 7) is 0.485. The topological polar surface area (TPSA) is 131 Å². The molecule has 2 amide bonds. The van der Waals surface area contributed by atoms with Gasteiger partial charge in [0.1, 0.15) is 5.69 Å². The number of rotatable bonds is 4. The second-order valence-electron chi connectivity index (χ2n) is 5.08. The van der Waals surface area contributed by atoms with Crippen LogP contribution in [0.5, 0.6) is 0 Å². The highest BCUT2D eigenvalue weighted by Gasteiger charge is 2.29. The van der Waals surface area contributed by atoms with E-state index in [4.69, 9.17) is 16.2 Å².